The van der Waals surface area contributed by atoms with E-state index in [-0.39, 0.29) is 0 Å². The number of pyridine rings is 2. The van der Waals surface area contributed by atoms with Crippen LogP contribution < -0.4 is 0 Å². The van der Waals surface area contributed by atoms with Crippen molar-refractivity contribution in [3.05, 3.63) is 140 Å². The fraction of sp³-hybridized carbons (Fsp3) is 0. The maximum absolute atomic E-state index is 5.17. The summed E-state index contributed by atoms with van der Waals surface area (Å²) in [7, 11) is 0. The zero-order valence-corrected chi connectivity index (χ0v) is 21.6. The summed E-state index contributed by atoms with van der Waals surface area (Å²) in [5, 5.41) is 7.52. The van der Waals surface area contributed by atoms with Crippen molar-refractivity contribution in [1.29, 1.82) is 0 Å². The van der Waals surface area contributed by atoms with E-state index < -0.39 is 0 Å². The monoisotopic (exact) mass is 509 g/mol. The highest BCUT2D eigenvalue weighted by Crippen LogP contribution is 2.41. The molecule has 40 heavy (non-hydrogen) atoms. The van der Waals surface area contributed by atoms with E-state index >= 15 is 0 Å². The van der Waals surface area contributed by atoms with Gasteiger partial charge in [-0.15, -0.1) is 0 Å². The van der Waals surface area contributed by atoms with E-state index in [9.17, 15) is 0 Å². The van der Waals surface area contributed by atoms with E-state index in [4.69, 9.17) is 4.98 Å². The van der Waals surface area contributed by atoms with Crippen molar-refractivity contribution in [2.75, 3.05) is 0 Å². The van der Waals surface area contributed by atoms with E-state index in [1.54, 1.807) is 0 Å². The first-order valence-corrected chi connectivity index (χ1v) is 13.7. The van der Waals surface area contributed by atoms with Gasteiger partial charge in [0.1, 0.15) is 5.82 Å². The molecule has 3 heteroatoms. The Morgan fingerprint density at radius 3 is 2.05 bits per heavy atom. The van der Waals surface area contributed by atoms with E-state index in [0.717, 1.165) is 28.1 Å². The number of benzene rings is 5. The van der Waals surface area contributed by atoms with Gasteiger partial charge in [0.2, 0.25) is 0 Å². The van der Waals surface area contributed by atoms with Crippen molar-refractivity contribution in [2.45, 2.75) is 0 Å². The van der Waals surface area contributed by atoms with Gasteiger partial charge in [0, 0.05) is 32.5 Å². The van der Waals surface area contributed by atoms with Crippen LogP contribution in [-0.2, 0) is 0 Å². The fourth-order valence-corrected chi connectivity index (χ4v) is 6.59. The van der Waals surface area contributed by atoms with Crippen LogP contribution in [0.25, 0.3) is 77.0 Å². The molecule has 3 nitrogen and oxygen atoms in total. The molecule has 0 radical (unpaired) electrons. The highest BCUT2D eigenvalue weighted by atomic mass is 15.1. The predicted octanol–water partition coefficient (Wildman–Crippen LogP) is 9.56. The molecular formula is C37H23N3. The molecule has 9 rings (SSSR count). The molecule has 0 atom stereocenters. The second-order valence-corrected chi connectivity index (χ2v) is 10.4. The Morgan fingerprint density at radius 2 is 1.18 bits per heavy atom. The Hall–Kier alpha value is -5.41. The summed E-state index contributed by atoms with van der Waals surface area (Å²) >= 11 is 0. The van der Waals surface area contributed by atoms with Gasteiger partial charge < -0.3 is 4.40 Å². The van der Waals surface area contributed by atoms with Gasteiger partial charge in [0.25, 0.3) is 0 Å². The van der Waals surface area contributed by atoms with E-state index in [2.05, 4.69) is 142 Å². The fourth-order valence-electron chi connectivity index (χ4n) is 6.59. The Morgan fingerprint density at radius 1 is 0.450 bits per heavy atom. The summed E-state index contributed by atoms with van der Waals surface area (Å²) in [4.78, 5) is 5.17. The van der Waals surface area contributed by atoms with Gasteiger partial charge in [-0.2, -0.15) is 0 Å². The van der Waals surface area contributed by atoms with E-state index in [1.807, 2.05) is 6.07 Å². The van der Waals surface area contributed by atoms with Crippen molar-refractivity contribution in [3.63, 3.8) is 0 Å². The van der Waals surface area contributed by atoms with Gasteiger partial charge in [0.15, 0.2) is 0 Å². The number of rotatable bonds is 2. The lowest BCUT2D eigenvalue weighted by molar-refractivity contribution is 1.08. The van der Waals surface area contributed by atoms with Crippen LogP contribution in [0.15, 0.2) is 140 Å². The van der Waals surface area contributed by atoms with Gasteiger partial charge in [-0.05, 0) is 41.8 Å². The van der Waals surface area contributed by atoms with Crippen LogP contribution in [0.3, 0.4) is 0 Å². The minimum atomic E-state index is 0.918. The molecule has 5 aromatic carbocycles. The third kappa shape index (κ3) is 2.86. The quantitative estimate of drug-likeness (QED) is 0.213. The molecule has 0 aliphatic rings. The summed E-state index contributed by atoms with van der Waals surface area (Å²) in [6.45, 7) is 0. The molecule has 4 aromatic heterocycles. The van der Waals surface area contributed by atoms with Gasteiger partial charge in [-0.25, -0.2) is 4.98 Å². The number of aromatic nitrogens is 3. The highest BCUT2D eigenvalue weighted by molar-refractivity contribution is 6.27. The number of hydrogen-bond acceptors (Lipinski definition) is 1. The van der Waals surface area contributed by atoms with Crippen LogP contribution in [0.4, 0.5) is 0 Å². The minimum Gasteiger partial charge on any atom is -0.308 e. The maximum Gasteiger partial charge on any atom is 0.138 e. The molecule has 0 aliphatic heterocycles. The Labute approximate surface area is 230 Å². The van der Waals surface area contributed by atoms with Crippen LogP contribution >= 0.6 is 0 Å². The Kier molecular flexibility index (Phi) is 4.33. The smallest absolute Gasteiger partial charge is 0.138 e. The third-order valence-corrected chi connectivity index (χ3v) is 8.27. The molecule has 0 fully saturated rings. The zero-order valence-electron chi connectivity index (χ0n) is 21.6. The topological polar surface area (TPSA) is 22.2 Å². The summed E-state index contributed by atoms with van der Waals surface area (Å²) in [6.07, 6.45) is 0. The lowest BCUT2D eigenvalue weighted by Crippen LogP contribution is -1.99. The molecular weight excluding hydrogens is 486 g/mol. The average molecular weight is 510 g/mol. The second kappa shape index (κ2) is 8.05. The molecule has 0 saturated heterocycles. The molecule has 186 valence electrons. The normalized spacial score (nSPS) is 12.0. The first-order chi connectivity index (χ1) is 19.9. The predicted molar refractivity (Wildman–Crippen MR) is 167 cm³/mol. The van der Waals surface area contributed by atoms with Crippen molar-refractivity contribution >= 4 is 59.9 Å². The van der Waals surface area contributed by atoms with E-state index in [1.165, 1.54) is 48.9 Å². The first kappa shape index (κ1) is 21.5. The van der Waals surface area contributed by atoms with Crippen molar-refractivity contribution < 1.29 is 0 Å². The van der Waals surface area contributed by atoms with Crippen LogP contribution in [0.2, 0.25) is 0 Å². The number of nitrogens with zero attached hydrogens (tertiary/aromatic N) is 3. The van der Waals surface area contributed by atoms with Gasteiger partial charge in [0.05, 0.1) is 33.3 Å². The zero-order chi connectivity index (χ0) is 26.2. The highest BCUT2D eigenvalue weighted by Gasteiger charge is 2.20. The lowest BCUT2D eigenvalue weighted by Gasteiger charge is -2.13. The van der Waals surface area contributed by atoms with Crippen LogP contribution in [-0.4, -0.2) is 14.0 Å². The standard InChI is InChI=1S/C37H23N3/c1-2-11-24(12-3-1)30-17-10-20-35(38-30)39-32-19-9-7-16-29(32)36-33(39)22-21-28-26-14-5-6-15-27(26)34-23-25-13-4-8-18-31(25)40(34)37(28)36/h1-23H. The molecule has 0 bridgehead atoms. The van der Waals surface area contributed by atoms with Crippen molar-refractivity contribution in [1.82, 2.24) is 14.0 Å². The Bertz CT molecular complexity index is 2430. The number of para-hydroxylation sites is 2. The summed E-state index contributed by atoms with van der Waals surface area (Å²) in [5.74, 6) is 0.918. The maximum atomic E-state index is 5.17. The summed E-state index contributed by atoms with van der Waals surface area (Å²) in [5.41, 5.74) is 8.08. The van der Waals surface area contributed by atoms with Gasteiger partial charge in [-0.1, -0.05) is 103 Å². The largest absolute Gasteiger partial charge is 0.308 e. The molecule has 9 aromatic rings. The molecule has 0 aliphatic carbocycles. The number of hydrogen-bond donors (Lipinski definition) is 0. The van der Waals surface area contributed by atoms with Gasteiger partial charge in [-0.3, -0.25) is 4.57 Å². The molecule has 0 saturated carbocycles. The molecule has 0 N–H and O–H groups in total. The van der Waals surface area contributed by atoms with E-state index in [0.29, 0.717) is 0 Å². The SMILES string of the molecule is c1ccc(-c2cccc(-n3c4ccccc4c4c3ccc3c5ccccc5c5cc6ccccc6n5c34)n2)cc1. The van der Waals surface area contributed by atoms with Crippen LogP contribution in [0, 0.1) is 0 Å². The molecule has 0 spiro atoms. The summed E-state index contributed by atoms with van der Waals surface area (Å²) < 4.78 is 4.79. The van der Waals surface area contributed by atoms with Gasteiger partial charge >= 0.3 is 0 Å². The number of fused-ring (bicyclic) bond motifs is 12. The molecule has 4 heterocycles. The molecule has 0 amide bonds. The van der Waals surface area contributed by atoms with Crippen LogP contribution in [0.1, 0.15) is 0 Å². The van der Waals surface area contributed by atoms with Crippen LogP contribution in [0.5, 0.6) is 0 Å². The van der Waals surface area contributed by atoms with Crippen molar-refractivity contribution in [2.24, 2.45) is 0 Å². The molecule has 0 unspecified atom stereocenters. The Balaban J connectivity index is 1.50. The first-order valence-electron chi connectivity index (χ1n) is 13.7. The minimum absolute atomic E-state index is 0.918. The third-order valence-electron chi connectivity index (χ3n) is 8.27. The second-order valence-electron chi connectivity index (χ2n) is 10.4. The lowest BCUT2D eigenvalue weighted by atomic mass is 10.0. The van der Waals surface area contributed by atoms with Crippen molar-refractivity contribution in [3.8, 4) is 17.1 Å². The average Bonchev–Trinajstić information content (AvgIpc) is 3.58. The summed E-state index contributed by atoms with van der Waals surface area (Å²) in [6, 6.07) is 49.8.